The highest BCUT2D eigenvalue weighted by Gasteiger charge is 2.29. The van der Waals surface area contributed by atoms with Crippen LogP contribution < -0.4 is 4.90 Å². The van der Waals surface area contributed by atoms with Crippen LogP contribution in [0.4, 0.5) is 5.82 Å². The molecule has 1 atom stereocenters. The molecule has 1 saturated heterocycles. The van der Waals surface area contributed by atoms with Crippen molar-refractivity contribution in [1.29, 1.82) is 0 Å². The van der Waals surface area contributed by atoms with Gasteiger partial charge in [-0.05, 0) is 54.3 Å². The van der Waals surface area contributed by atoms with Crippen LogP contribution in [0.25, 0.3) is 6.08 Å². The van der Waals surface area contributed by atoms with Gasteiger partial charge in [-0.1, -0.05) is 0 Å². The summed E-state index contributed by atoms with van der Waals surface area (Å²) < 4.78 is 0. The molecule has 0 spiro atoms. The molecular formula is C19H22N4O. The van der Waals surface area contributed by atoms with Crippen LogP contribution in [-0.2, 0) is 4.79 Å². The monoisotopic (exact) mass is 322 g/mol. The van der Waals surface area contributed by atoms with Gasteiger partial charge in [-0.3, -0.25) is 9.78 Å². The van der Waals surface area contributed by atoms with Gasteiger partial charge in [-0.15, -0.1) is 0 Å². The van der Waals surface area contributed by atoms with Crippen LogP contribution in [-0.4, -0.2) is 41.4 Å². The lowest BCUT2D eigenvalue weighted by Crippen LogP contribution is -2.29. The predicted octanol–water partition coefficient (Wildman–Crippen LogP) is 2.92. The first-order chi connectivity index (χ1) is 11.6. The Balaban J connectivity index is 1.76. The molecular weight excluding hydrogens is 300 g/mol. The molecule has 1 amide bonds. The summed E-state index contributed by atoms with van der Waals surface area (Å²) in [5, 5.41) is 0. The maximum absolute atomic E-state index is 12.6. The van der Waals surface area contributed by atoms with Crippen LogP contribution >= 0.6 is 0 Å². The van der Waals surface area contributed by atoms with Gasteiger partial charge in [0.2, 0.25) is 5.91 Å². The van der Waals surface area contributed by atoms with E-state index in [0.717, 1.165) is 36.3 Å². The van der Waals surface area contributed by atoms with Gasteiger partial charge < -0.3 is 9.80 Å². The van der Waals surface area contributed by atoms with Crippen molar-refractivity contribution in [3.8, 4) is 0 Å². The standard InChI is InChI=1S/C19H22N4O/c1-22(2)18-14-16(9-12-21-18)17-4-3-13-23(17)19(24)6-5-15-7-10-20-11-8-15/h5-12,14,17H,3-4,13H2,1-2H3/b6-5+/t17-/m1/s1. The van der Waals surface area contributed by atoms with E-state index >= 15 is 0 Å². The van der Waals surface area contributed by atoms with Crippen LogP contribution in [0.2, 0.25) is 0 Å². The largest absolute Gasteiger partial charge is 0.363 e. The maximum Gasteiger partial charge on any atom is 0.247 e. The summed E-state index contributed by atoms with van der Waals surface area (Å²) in [5.41, 5.74) is 2.13. The summed E-state index contributed by atoms with van der Waals surface area (Å²) in [6.07, 6.45) is 10.8. The Labute approximate surface area is 142 Å². The lowest BCUT2D eigenvalue weighted by molar-refractivity contribution is -0.126. The molecule has 0 N–H and O–H groups in total. The first-order valence-corrected chi connectivity index (χ1v) is 8.17. The lowest BCUT2D eigenvalue weighted by Gasteiger charge is -2.24. The molecule has 0 aliphatic carbocycles. The van der Waals surface area contributed by atoms with Gasteiger partial charge >= 0.3 is 0 Å². The molecule has 3 heterocycles. The number of hydrogen-bond acceptors (Lipinski definition) is 4. The van der Waals surface area contributed by atoms with Gasteiger partial charge in [0.15, 0.2) is 0 Å². The molecule has 5 nitrogen and oxygen atoms in total. The molecule has 5 heteroatoms. The zero-order chi connectivity index (χ0) is 16.9. The molecule has 0 aromatic carbocycles. The zero-order valence-corrected chi connectivity index (χ0v) is 14.1. The van der Waals surface area contributed by atoms with Crippen molar-refractivity contribution in [2.24, 2.45) is 0 Å². The molecule has 1 aliphatic heterocycles. The van der Waals surface area contributed by atoms with Crippen molar-refractivity contribution in [1.82, 2.24) is 14.9 Å². The second kappa shape index (κ2) is 7.25. The highest BCUT2D eigenvalue weighted by molar-refractivity contribution is 5.92. The van der Waals surface area contributed by atoms with Gasteiger partial charge in [0.25, 0.3) is 0 Å². The van der Waals surface area contributed by atoms with E-state index in [1.54, 1.807) is 18.5 Å². The summed E-state index contributed by atoms with van der Waals surface area (Å²) in [4.78, 5) is 24.9. The van der Waals surface area contributed by atoms with Crippen molar-refractivity contribution >= 4 is 17.8 Å². The minimum atomic E-state index is 0.0533. The first kappa shape index (κ1) is 16.2. The molecule has 0 saturated carbocycles. The Morgan fingerprint density at radius 3 is 2.79 bits per heavy atom. The number of pyridine rings is 2. The number of likely N-dealkylation sites (tertiary alicyclic amines) is 1. The van der Waals surface area contributed by atoms with Gasteiger partial charge in [0, 0.05) is 45.3 Å². The minimum Gasteiger partial charge on any atom is -0.363 e. The van der Waals surface area contributed by atoms with Crippen LogP contribution in [0.1, 0.15) is 30.0 Å². The minimum absolute atomic E-state index is 0.0533. The van der Waals surface area contributed by atoms with E-state index in [0.29, 0.717) is 0 Å². The van der Waals surface area contributed by atoms with E-state index < -0.39 is 0 Å². The van der Waals surface area contributed by atoms with E-state index in [1.807, 2.05) is 54.4 Å². The van der Waals surface area contributed by atoms with Crippen molar-refractivity contribution in [3.05, 3.63) is 60.1 Å². The summed E-state index contributed by atoms with van der Waals surface area (Å²) in [6, 6.07) is 7.98. The highest BCUT2D eigenvalue weighted by Crippen LogP contribution is 2.33. The molecule has 3 rings (SSSR count). The molecule has 124 valence electrons. The van der Waals surface area contributed by atoms with Crippen molar-refractivity contribution in [2.75, 3.05) is 25.5 Å². The molecule has 0 radical (unpaired) electrons. The molecule has 0 unspecified atom stereocenters. The van der Waals surface area contributed by atoms with Crippen LogP contribution in [0, 0.1) is 0 Å². The second-order valence-corrected chi connectivity index (χ2v) is 6.15. The Morgan fingerprint density at radius 1 is 1.25 bits per heavy atom. The molecule has 1 fully saturated rings. The average Bonchev–Trinajstić information content (AvgIpc) is 3.10. The van der Waals surface area contributed by atoms with E-state index in [1.165, 1.54) is 0 Å². The predicted molar refractivity (Wildman–Crippen MR) is 95.5 cm³/mol. The number of anilines is 1. The van der Waals surface area contributed by atoms with Crippen LogP contribution in [0.15, 0.2) is 48.9 Å². The third kappa shape index (κ3) is 3.62. The SMILES string of the molecule is CN(C)c1cc([C@H]2CCCN2C(=O)/C=C/c2ccncc2)ccn1. The van der Waals surface area contributed by atoms with Gasteiger partial charge in [0.1, 0.15) is 5.82 Å². The number of carbonyl (C=O) groups is 1. The fourth-order valence-electron chi connectivity index (χ4n) is 3.00. The van der Waals surface area contributed by atoms with Crippen molar-refractivity contribution < 1.29 is 4.79 Å². The molecule has 24 heavy (non-hydrogen) atoms. The van der Waals surface area contributed by atoms with Crippen molar-refractivity contribution in [3.63, 3.8) is 0 Å². The quantitative estimate of drug-likeness (QED) is 0.812. The van der Waals surface area contributed by atoms with Gasteiger partial charge in [0.05, 0.1) is 6.04 Å². The number of aromatic nitrogens is 2. The first-order valence-electron chi connectivity index (χ1n) is 8.17. The topological polar surface area (TPSA) is 49.3 Å². The number of amides is 1. The third-order valence-electron chi connectivity index (χ3n) is 4.27. The van der Waals surface area contributed by atoms with E-state index in [-0.39, 0.29) is 11.9 Å². The maximum atomic E-state index is 12.6. The van der Waals surface area contributed by atoms with Crippen LogP contribution in [0.3, 0.4) is 0 Å². The van der Waals surface area contributed by atoms with E-state index in [4.69, 9.17) is 0 Å². The smallest absolute Gasteiger partial charge is 0.247 e. The summed E-state index contributed by atoms with van der Waals surface area (Å²) >= 11 is 0. The van der Waals surface area contributed by atoms with Gasteiger partial charge in [-0.2, -0.15) is 0 Å². The normalized spacial score (nSPS) is 17.4. The summed E-state index contributed by atoms with van der Waals surface area (Å²) in [6.45, 7) is 0.795. The fraction of sp³-hybridized carbons (Fsp3) is 0.316. The van der Waals surface area contributed by atoms with Crippen LogP contribution in [0.5, 0.6) is 0 Å². The number of rotatable bonds is 4. The highest BCUT2D eigenvalue weighted by atomic mass is 16.2. The lowest BCUT2D eigenvalue weighted by atomic mass is 10.1. The molecule has 1 aliphatic rings. The number of hydrogen-bond donors (Lipinski definition) is 0. The molecule has 0 bridgehead atoms. The summed E-state index contributed by atoms with van der Waals surface area (Å²) in [5.74, 6) is 0.969. The summed E-state index contributed by atoms with van der Waals surface area (Å²) in [7, 11) is 3.95. The van der Waals surface area contributed by atoms with Crippen molar-refractivity contribution in [2.45, 2.75) is 18.9 Å². The van der Waals surface area contributed by atoms with E-state index in [9.17, 15) is 4.79 Å². The molecule has 2 aromatic rings. The van der Waals surface area contributed by atoms with Gasteiger partial charge in [-0.25, -0.2) is 4.98 Å². The Morgan fingerprint density at radius 2 is 2.04 bits per heavy atom. The third-order valence-corrected chi connectivity index (χ3v) is 4.27. The Kier molecular flexibility index (Phi) is 4.89. The average molecular weight is 322 g/mol. The zero-order valence-electron chi connectivity index (χ0n) is 14.1. The molecule has 2 aromatic heterocycles. The Bertz CT molecular complexity index is 727. The number of carbonyl (C=O) groups excluding carboxylic acids is 1. The fourth-order valence-corrected chi connectivity index (χ4v) is 3.00. The Hall–Kier alpha value is -2.69. The van der Waals surface area contributed by atoms with E-state index in [2.05, 4.69) is 16.0 Å². The second-order valence-electron chi connectivity index (χ2n) is 6.15. The number of nitrogens with zero attached hydrogens (tertiary/aromatic N) is 4.